The number of rotatable bonds is 1. The highest BCUT2D eigenvalue weighted by Gasteiger charge is 2.46. The molecule has 3 nitrogen and oxygen atoms in total. The molecule has 0 aromatic carbocycles. The van der Waals surface area contributed by atoms with Crippen molar-refractivity contribution in [2.24, 2.45) is 23.0 Å². The number of hydrogen-bond donors (Lipinski definition) is 1. The normalized spacial score (nSPS) is 34.9. The van der Waals surface area contributed by atoms with Gasteiger partial charge in [-0.3, -0.25) is 4.79 Å². The van der Waals surface area contributed by atoms with Gasteiger partial charge in [0.1, 0.15) is 0 Å². The Bertz CT molecular complexity index is 386. The van der Waals surface area contributed by atoms with Gasteiger partial charge in [-0.25, -0.2) is 0 Å². The van der Waals surface area contributed by atoms with Crippen LogP contribution in [0.25, 0.3) is 0 Å². The molecule has 2 aliphatic rings. The molecule has 0 aromatic rings. The van der Waals surface area contributed by atoms with Crippen molar-refractivity contribution in [1.29, 1.82) is 0 Å². The van der Waals surface area contributed by atoms with E-state index in [9.17, 15) is 4.79 Å². The minimum atomic E-state index is 0.00492. The molecule has 3 unspecified atom stereocenters. The Morgan fingerprint density at radius 2 is 2.11 bits per heavy atom. The summed E-state index contributed by atoms with van der Waals surface area (Å²) in [6.45, 7) is 10.4. The van der Waals surface area contributed by atoms with Crippen molar-refractivity contribution < 1.29 is 4.79 Å². The van der Waals surface area contributed by atoms with Gasteiger partial charge in [-0.05, 0) is 37.5 Å². The first kappa shape index (κ1) is 14.6. The van der Waals surface area contributed by atoms with Crippen molar-refractivity contribution in [3.8, 4) is 0 Å². The quantitative estimate of drug-likeness (QED) is 0.740. The molecule has 3 heteroatoms. The summed E-state index contributed by atoms with van der Waals surface area (Å²) < 4.78 is 0. The molecule has 1 amide bonds. The van der Waals surface area contributed by atoms with Crippen molar-refractivity contribution in [3.63, 3.8) is 0 Å². The topological polar surface area (TPSA) is 46.3 Å². The van der Waals surface area contributed by atoms with Crippen LogP contribution in [0.3, 0.4) is 0 Å². The second-order valence-electron chi connectivity index (χ2n) is 6.99. The molecule has 108 valence electrons. The zero-order valence-electron chi connectivity index (χ0n) is 12.8. The fourth-order valence-corrected chi connectivity index (χ4v) is 3.48. The van der Waals surface area contributed by atoms with Gasteiger partial charge in [-0.1, -0.05) is 32.4 Å². The largest absolute Gasteiger partial charge is 0.338 e. The summed E-state index contributed by atoms with van der Waals surface area (Å²) in [5.74, 6) is 0.874. The van der Waals surface area contributed by atoms with E-state index in [0.717, 1.165) is 32.4 Å². The lowest BCUT2D eigenvalue weighted by Crippen LogP contribution is -2.52. The van der Waals surface area contributed by atoms with Gasteiger partial charge >= 0.3 is 0 Å². The molecule has 0 aromatic heterocycles. The van der Waals surface area contributed by atoms with E-state index >= 15 is 0 Å². The molecule has 1 saturated carbocycles. The maximum atomic E-state index is 12.8. The lowest BCUT2D eigenvalue weighted by Gasteiger charge is -2.47. The predicted octanol–water partition coefficient (Wildman–Crippen LogP) is 2.56. The number of carbonyl (C=O) groups is 1. The molecular formula is C16H28N2O. The Labute approximate surface area is 117 Å². The lowest BCUT2D eigenvalue weighted by molar-refractivity contribution is -0.143. The van der Waals surface area contributed by atoms with Crippen LogP contribution in [0.15, 0.2) is 11.6 Å². The molecule has 0 bridgehead atoms. The first-order chi connectivity index (χ1) is 8.84. The Morgan fingerprint density at radius 3 is 2.68 bits per heavy atom. The fraction of sp³-hybridized carbons (Fsp3) is 0.812. The molecule has 1 heterocycles. The van der Waals surface area contributed by atoms with Gasteiger partial charge < -0.3 is 10.6 Å². The molecule has 1 fully saturated rings. The molecular weight excluding hydrogens is 236 g/mol. The van der Waals surface area contributed by atoms with Crippen LogP contribution in [0.2, 0.25) is 0 Å². The zero-order valence-corrected chi connectivity index (χ0v) is 12.8. The highest BCUT2D eigenvalue weighted by atomic mass is 16.2. The van der Waals surface area contributed by atoms with Crippen molar-refractivity contribution in [1.82, 2.24) is 4.90 Å². The van der Waals surface area contributed by atoms with Crippen LogP contribution in [-0.2, 0) is 4.79 Å². The van der Waals surface area contributed by atoms with Crippen LogP contribution in [-0.4, -0.2) is 29.9 Å². The Kier molecular flexibility index (Phi) is 4.05. The summed E-state index contributed by atoms with van der Waals surface area (Å²) in [5, 5.41) is 0. The van der Waals surface area contributed by atoms with E-state index in [4.69, 9.17) is 5.73 Å². The highest BCUT2D eigenvalue weighted by molar-refractivity contribution is 5.80. The molecule has 1 aliphatic heterocycles. The summed E-state index contributed by atoms with van der Waals surface area (Å²) in [5.41, 5.74) is 7.59. The fourth-order valence-electron chi connectivity index (χ4n) is 3.48. The number of hydrogen-bond acceptors (Lipinski definition) is 2. The van der Waals surface area contributed by atoms with E-state index in [1.165, 1.54) is 5.57 Å². The number of amides is 1. The Morgan fingerprint density at radius 1 is 1.42 bits per heavy atom. The van der Waals surface area contributed by atoms with Crippen LogP contribution >= 0.6 is 0 Å². The molecule has 3 atom stereocenters. The van der Waals surface area contributed by atoms with Crippen LogP contribution < -0.4 is 5.73 Å². The summed E-state index contributed by atoms with van der Waals surface area (Å²) in [4.78, 5) is 14.8. The molecule has 0 saturated heterocycles. The number of nitrogens with zero attached hydrogens (tertiary/aromatic N) is 1. The Balaban J connectivity index is 2.11. The minimum absolute atomic E-state index is 0.00492. The second-order valence-corrected chi connectivity index (χ2v) is 6.99. The number of nitrogens with two attached hydrogens (primary N) is 1. The molecule has 19 heavy (non-hydrogen) atoms. The maximum Gasteiger partial charge on any atom is 0.226 e. The molecule has 0 spiro atoms. The van der Waals surface area contributed by atoms with E-state index in [0.29, 0.717) is 11.8 Å². The predicted molar refractivity (Wildman–Crippen MR) is 78.6 cm³/mol. The van der Waals surface area contributed by atoms with Crippen molar-refractivity contribution in [2.75, 3.05) is 13.1 Å². The van der Waals surface area contributed by atoms with Crippen molar-refractivity contribution >= 4 is 5.91 Å². The molecule has 1 aliphatic carbocycles. The zero-order chi connectivity index (χ0) is 14.2. The molecule has 2 N–H and O–H groups in total. The van der Waals surface area contributed by atoms with Crippen LogP contribution in [0.1, 0.15) is 47.0 Å². The van der Waals surface area contributed by atoms with Gasteiger partial charge in [0.2, 0.25) is 5.91 Å². The first-order valence-corrected chi connectivity index (χ1v) is 7.54. The lowest BCUT2D eigenvalue weighted by atomic mass is 9.60. The number of carbonyl (C=O) groups excluding carboxylic acids is 1. The summed E-state index contributed by atoms with van der Waals surface area (Å²) >= 11 is 0. The van der Waals surface area contributed by atoms with Gasteiger partial charge in [0.15, 0.2) is 0 Å². The van der Waals surface area contributed by atoms with E-state index in [1.54, 1.807) is 0 Å². The van der Waals surface area contributed by atoms with Gasteiger partial charge in [0, 0.05) is 25.0 Å². The molecule has 2 rings (SSSR count). The van der Waals surface area contributed by atoms with Crippen molar-refractivity contribution in [3.05, 3.63) is 11.6 Å². The van der Waals surface area contributed by atoms with Gasteiger partial charge in [0.05, 0.1) is 0 Å². The SMILES string of the molecule is CC1=CCN(C(=O)C2CCC(N)C(C)C2(C)C)CC1. The standard InChI is InChI=1S/C16H28N2O/c1-11-7-9-18(10-8-11)15(19)13-5-6-14(17)12(2)16(13,3)4/h7,12-14H,5-6,8-10,17H2,1-4H3. The van der Waals surface area contributed by atoms with E-state index in [1.807, 2.05) is 4.90 Å². The van der Waals surface area contributed by atoms with E-state index in [2.05, 4.69) is 33.8 Å². The Hall–Kier alpha value is -0.830. The van der Waals surface area contributed by atoms with E-state index in [-0.39, 0.29) is 17.4 Å². The van der Waals surface area contributed by atoms with Gasteiger partial charge in [0.25, 0.3) is 0 Å². The third-order valence-electron chi connectivity index (χ3n) is 5.55. The smallest absolute Gasteiger partial charge is 0.226 e. The van der Waals surface area contributed by atoms with Gasteiger partial charge in [-0.15, -0.1) is 0 Å². The van der Waals surface area contributed by atoms with Crippen LogP contribution in [0, 0.1) is 17.3 Å². The summed E-state index contributed by atoms with van der Waals surface area (Å²) in [6, 6.07) is 0.238. The third kappa shape index (κ3) is 2.71. The first-order valence-electron chi connectivity index (χ1n) is 7.54. The monoisotopic (exact) mass is 264 g/mol. The van der Waals surface area contributed by atoms with E-state index < -0.39 is 0 Å². The minimum Gasteiger partial charge on any atom is -0.338 e. The average Bonchev–Trinajstić information content (AvgIpc) is 2.36. The van der Waals surface area contributed by atoms with Crippen LogP contribution in [0.4, 0.5) is 0 Å². The van der Waals surface area contributed by atoms with Crippen LogP contribution in [0.5, 0.6) is 0 Å². The maximum absolute atomic E-state index is 12.8. The van der Waals surface area contributed by atoms with Crippen molar-refractivity contribution in [2.45, 2.75) is 53.0 Å². The molecule has 0 radical (unpaired) electrons. The summed E-state index contributed by atoms with van der Waals surface area (Å²) in [6.07, 6.45) is 5.13. The highest BCUT2D eigenvalue weighted by Crippen LogP contribution is 2.45. The van der Waals surface area contributed by atoms with Gasteiger partial charge in [-0.2, -0.15) is 0 Å². The second kappa shape index (κ2) is 5.28. The third-order valence-corrected chi connectivity index (χ3v) is 5.55. The summed E-state index contributed by atoms with van der Waals surface area (Å²) in [7, 11) is 0. The average molecular weight is 264 g/mol.